The number of nitrogens with zero attached hydrogens (tertiary/aromatic N) is 5. The number of anilines is 5. The van der Waals surface area contributed by atoms with Crippen molar-refractivity contribution in [2.75, 3.05) is 26.6 Å². The molecule has 0 radical (unpaired) electrons. The maximum absolute atomic E-state index is 13.8. The Morgan fingerprint density at radius 2 is 0.545 bits per heavy atom. The summed E-state index contributed by atoms with van der Waals surface area (Å²) >= 11 is 35.7. The molecule has 562 valence electrons. The van der Waals surface area contributed by atoms with E-state index in [4.69, 9.17) is 58.0 Å². The number of hydrogen-bond donors (Lipinski definition) is 10. The lowest BCUT2D eigenvalue weighted by molar-refractivity contribution is 0.101. The minimum atomic E-state index is -0.559. The molecule has 5 amide bonds. The summed E-state index contributed by atoms with van der Waals surface area (Å²) in [5.41, 5.74) is 10.5. The van der Waals surface area contributed by atoms with Crippen LogP contribution in [0.3, 0.4) is 0 Å². The minimum absolute atomic E-state index is 0. The number of aryl methyl sites for hydroxylation is 7. The zero-order valence-electron chi connectivity index (χ0n) is 57.7. The van der Waals surface area contributed by atoms with E-state index in [1.807, 2.05) is 65.0 Å². The molecule has 5 aromatic heterocycles. The molecule has 5 heterocycles. The highest BCUT2D eigenvalue weighted by atomic mass is 35.5. The lowest BCUT2D eigenvalue weighted by Gasteiger charge is -2.04. The molecule has 0 aliphatic carbocycles. The van der Waals surface area contributed by atoms with Gasteiger partial charge in [-0.25, -0.2) is 33.7 Å². The maximum Gasteiger partial charge on any atom is 0.261 e. The van der Waals surface area contributed by atoms with Crippen molar-refractivity contribution in [3.05, 3.63) is 261 Å². The number of hydrogen-bond acceptors (Lipinski definition) is 20. The SMILES string of the molecule is C.Cc1cc(C)c2nc(NC(=O)c3cc(Cl)ccc3O)sc2c1.Cc1cc(C)c2nc(NC(=O)c3cc(Cl)ccc3O)sc2c1.Cc1cc(F)c2nc(NC(=O)c3cc(Cl)ccc3O)sc2c1.Cc1cc(F)c2nc(NC(=O)c3cc(Cl)ccc3O)sc2c1.Cc1ccc2sc(NC(=O)c3cc(Cl)ccc3O)nc2c1. The monoisotopic (exact) mass is 1670 g/mol. The van der Waals surface area contributed by atoms with Crippen molar-refractivity contribution in [3.8, 4) is 28.7 Å². The summed E-state index contributed by atoms with van der Waals surface area (Å²) in [5, 5.41) is 65.7. The Labute approximate surface area is 671 Å². The third-order valence-electron chi connectivity index (χ3n) is 15.5. The molecule has 110 heavy (non-hydrogen) atoms. The van der Waals surface area contributed by atoms with E-state index in [0.29, 0.717) is 49.9 Å². The Balaban J connectivity index is 0.000000146. The Kier molecular flexibility index (Phi) is 26.3. The molecule has 0 spiro atoms. The van der Waals surface area contributed by atoms with E-state index in [9.17, 15) is 58.3 Å². The van der Waals surface area contributed by atoms with E-state index in [0.717, 1.165) is 92.3 Å². The van der Waals surface area contributed by atoms with Crippen LogP contribution in [0.15, 0.2) is 158 Å². The van der Waals surface area contributed by atoms with Gasteiger partial charge in [-0.3, -0.25) is 50.6 Å². The Morgan fingerprint density at radius 3 is 0.836 bits per heavy atom. The molecule has 0 saturated carbocycles. The molecule has 0 saturated heterocycles. The third kappa shape index (κ3) is 20.2. The predicted octanol–water partition coefficient (Wildman–Crippen LogP) is 22.6. The fourth-order valence-electron chi connectivity index (χ4n) is 10.6. The Bertz CT molecular complexity index is 5520. The second kappa shape index (κ2) is 35.3. The summed E-state index contributed by atoms with van der Waals surface area (Å²) in [6.07, 6.45) is 0. The van der Waals surface area contributed by atoms with E-state index in [1.165, 1.54) is 137 Å². The number of thiazole rings is 5. The van der Waals surface area contributed by atoms with Crippen LogP contribution in [0, 0.1) is 60.1 Å². The van der Waals surface area contributed by atoms with Gasteiger partial charge in [-0.2, -0.15) is 0 Å². The Morgan fingerprint density at radius 1 is 0.300 bits per heavy atom. The third-order valence-corrected chi connectivity index (χ3v) is 21.3. The molecule has 10 aromatic carbocycles. The van der Waals surface area contributed by atoms with Gasteiger partial charge in [0.05, 0.1) is 67.9 Å². The predicted molar refractivity (Wildman–Crippen MR) is 443 cm³/mol. The highest BCUT2D eigenvalue weighted by Gasteiger charge is 2.22. The van der Waals surface area contributed by atoms with Crippen LogP contribution in [0.1, 0.15) is 98.2 Å². The average Bonchev–Trinajstić information content (AvgIpc) is 1.67. The fraction of sp³-hybridized carbons (Fsp3) is 0.103. The van der Waals surface area contributed by atoms with E-state index < -0.39 is 41.2 Å². The second-order valence-corrected chi connectivity index (χ2v) is 31.5. The molecule has 32 heteroatoms. The van der Waals surface area contributed by atoms with Crippen molar-refractivity contribution in [1.29, 1.82) is 0 Å². The van der Waals surface area contributed by atoms with Crippen molar-refractivity contribution in [2.24, 2.45) is 0 Å². The quantitative estimate of drug-likeness (QED) is 0.0609. The topological polar surface area (TPSA) is 311 Å². The highest BCUT2D eigenvalue weighted by molar-refractivity contribution is 7.24. The van der Waals surface area contributed by atoms with Gasteiger partial charge in [0, 0.05) is 25.1 Å². The summed E-state index contributed by atoms with van der Waals surface area (Å²) in [6, 6.07) is 41.8. The molecular weight excluding hydrogens is 1610 g/mol. The first-order valence-electron chi connectivity index (χ1n) is 32.0. The number of fused-ring (bicyclic) bond motifs is 5. The second-order valence-electron chi connectivity index (χ2n) is 24.2. The van der Waals surface area contributed by atoms with E-state index in [-0.39, 0.29) is 85.3 Å². The normalized spacial score (nSPS) is 10.7. The minimum Gasteiger partial charge on any atom is -0.507 e. The average molecular weight is 1670 g/mol. The first kappa shape index (κ1) is 81.8. The molecule has 0 atom stereocenters. The number of aromatic nitrogens is 5. The van der Waals surface area contributed by atoms with Gasteiger partial charge in [-0.05, 0) is 227 Å². The molecule has 0 aliphatic heterocycles. The number of nitrogens with one attached hydrogen (secondary N) is 5. The lowest BCUT2D eigenvalue weighted by Crippen LogP contribution is -2.11. The number of rotatable bonds is 10. The molecular formula is C78H61Cl5F2N10O10S5. The van der Waals surface area contributed by atoms with Crippen molar-refractivity contribution in [3.63, 3.8) is 0 Å². The molecule has 10 N–H and O–H groups in total. The van der Waals surface area contributed by atoms with Gasteiger partial charge in [0.1, 0.15) is 39.8 Å². The van der Waals surface area contributed by atoms with E-state index >= 15 is 0 Å². The van der Waals surface area contributed by atoms with E-state index in [1.54, 1.807) is 26.0 Å². The molecule has 0 fully saturated rings. The standard InChI is InChI=1S/2C16H13ClN2O2S.2C15H10ClFN2O2S.C15H11ClN2O2S.CH4/c2*1-8-5-9(2)14-13(6-8)22-16(18-14)19-15(21)11-7-10(17)3-4-12(11)20;2*1-7-4-10(17)13-12(5-7)22-15(18-13)19-14(21)9-6-8(16)2-3-11(9)20;1-8-2-5-13-11(6-8)17-15(21-13)18-14(20)10-7-9(16)3-4-12(10)19;/h2*3-7,20H,1-2H3,(H,18,19,21);2*2-6,20H,1H3,(H,18,19,21);2-7,19H,1H3,(H,17,18,20);1H4. The van der Waals surface area contributed by atoms with Crippen molar-refractivity contribution in [2.45, 2.75) is 55.9 Å². The molecule has 0 unspecified atom stereocenters. The number of phenolic OH excluding ortho intramolecular Hbond substituents is 5. The van der Waals surface area contributed by atoms with Crippen LogP contribution in [-0.4, -0.2) is 80.0 Å². The van der Waals surface area contributed by atoms with Crippen LogP contribution < -0.4 is 26.6 Å². The summed E-state index contributed by atoms with van der Waals surface area (Å²) in [5.74, 6) is -4.02. The largest absolute Gasteiger partial charge is 0.507 e. The summed E-state index contributed by atoms with van der Waals surface area (Å²) in [4.78, 5) is 82.4. The lowest BCUT2D eigenvalue weighted by atomic mass is 10.1. The zero-order chi connectivity index (χ0) is 78.4. The van der Waals surface area contributed by atoms with Crippen molar-refractivity contribution < 1.29 is 58.3 Å². The molecule has 15 aromatic rings. The fourth-order valence-corrected chi connectivity index (χ4v) is 16.3. The molecule has 15 rings (SSSR count). The van der Waals surface area contributed by atoms with Crippen LogP contribution in [0.25, 0.3) is 51.1 Å². The van der Waals surface area contributed by atoms with Gasteiger partial charge >= 0.3 is 0 Å². The molecule has 0 bridgehead atoms. The van der Waals surface area contributed by atoms with Gasteiger partial charge < -0.3 is 25.5 Å². The number of carbonyl (C=O) groups excluding carboxylic acids is 5. The van der Waals surface area contributed by atoms with Crippen LogP contribution in [0.2, 0.25) is 25.1 Å². The number of aromatic hydroxyl groups is 5. The first-order chi connectivity index (χ1) is 51.8. The van der Waals surface area contributed by atoms with Gasteiger partial charge in [0.15, 0.2) is 37.3 Å². The van der Waals surface area contributed by atoms with Crippen LogP contribution in [-0.2, 0) is 0 Å². The first-order valence-corrected chi connectivity index (χ1v) is 38.0. The van der Waals surface area contributed by atoms with Crippen molar-refractivity contribution >= 4 is 221 Å². The zero-order valence-corrected chi connectivity index (χ0v) is 65.6. The van der Waals surface area contributed by atoms with Gasteiger partial charge in [0.2, 0.25) is 0 Å². The number of carbonyl (C=O) groups is 5. The van der Waals surface area contributed by atoms with Crippen LogP contribution in [0.5, 0.6) is 28.7 Å². The van der Waals surface area contributed by atoms with Gasteiger partial charge in [-0.1, -0.05) is 140 Å². The maximum atomic E-state index is 13.8. The highest BCUT2D eigenvalue weighted by Crippen LogP contribution is 2.37. The van der Waals surface area contributed by atoms with Gasteiger partial charge in [-0.15, -0.1) is 0 Å². The number of phenols is 5. The number of halogens is 7. The van der Waals surface area contributed by atoms with E-state index in [2.05, 4.69) is 63.6 Å². The smallest absolute Gasteiger partial charge is 0.261 e. The van der Waals surface area contributed by atoms with Crippen LogP contribution >= 0.6 is 115 Å². The van der Waals surface area contributed by atoms with Crippen LogP contribution in [0.4, 0.5) is 34.4 Å². The summed E-state index contributed by atoms with van der Waals surface area (Å²) < 4.78 is 31.9. The summed E-state index contributed by atoms with van der Waals surface area (Å²) in [6.45, 7) is 13.6. The molecule has 20 nitrogen and oxygen atoms in total. The van der Waals surface area contributed by atoms with Crippen molar-refractivity contribution in [1.82, 2.24) is 24.9 Å². The Hall–Kier alpha value is -10.7. The molecule has 0 aliphatic rings. The van der Waals surface area contributed by atoms with Gasteiger partial charge in [0.25, 0.3) is 29.5 Å². The number of amides is 5. The summed E-state index contributed by atoms with van der Waals surface area (Å²) in [7, 11) is 0. The number of benzene rings is 10.